The third kappa shape index (κ3) is 3.96. The number of para-hydroxylation sites is 2. The summed E-state index contributed by atoms with van der Waals surface area (Å²) >= 11 is 1.54. The normalized spacial score (nSPS) is 13.1. The van der Waals surface area contributed by atoms with Crippen LogP contribution >= 0.6 is 11.3 Å². The highest BCUT2D eigenvalue weighted by molar-refractivity contribution is 7.16. The van der Waals surface area contributed by atoms with Gasteiger partial charge in [-0.15, -0.1) is 11.3 Å². The van der Waals surface area contributed by atoms with E-state index in [9.17, 15) is 10.1 Å². The number of ether oxygens (including phenoxy) is 1. The Morgan fingerprint density at radius 1 is 1.09 bits per heavy atom. The summed E-state index contributed by atoms with van der Waals surface area (Å²) < 4.78 is 5.52. The number of hydrogen-bond donors (Lipinski definition) is 1. The summed E-state index contributed by atoms with van der Waals surface area (Å²) in [6.07, 6.45) is 5.27. The van der Waals surface area contributed by atoms with Gasteiger partial charge in [0, 0.05) is 15.8 Å². The van der Waals surface area contributed by atoms with Crippen molar-refractivity contribution in [2.75, 3.05) is 12.4 Å². The largest absolute Gasteiger partial charge is 0.496 e. The second-order valence-electron chi connectivity index (χ2n) is 8.11. The van der Waals surface area contributed by atoms with Crippen LogP contribution in [-0.2, 0) is 12.8 Å². The van der Waals surface area contributed by atoms with E-state index in [1.807, 2.05) is 48.5 Å². The molecule has 1 N–H and O–H groups in total. The van der Waals surface area contributed by atoms with Crippen LogP contribution in [0, 0.1) is 11.3 Å². The highest BCUT2D eigenvalue weighted by Crippen LogP contribution is 2.38. The van der Waals surface area contributed by atoms with Gasteiger partial charge < -0.3 is 10.1 Å². The molecule has 1 amide bonds. The number of nitriles is 1. The number of methoxy groups -OCH3 is 1. The zero-order chi connectivity index (χ0) is 22.8. The summed E-state index contributed by atoms with van der Waals surface area (Å²) in [5.41, 5.74) is 4.47. The number of nitrogens with zero attached hydrogens (tertiary/aromatic N) is 2. The molecule has 0 saturated carbocycles. The lowest BCUT2D eigenvalue weighted by Gasteiger charge is -2.12. The first-order valence-electron chi connectivity index (χ1n) is 11.1. The van der Waals surface area contributed by atoms with Gasteiger partial charge in [0.1, 0.15) is 16.8 Å². The number of benzene rings is 2. The Labute approximate surface area is 196 Å². The van der Waals surface area contributed by atoms with Gasteiger partial charge >= 0.3 is 0 Å². The third-order valence-electron chi connectivity index (χ3n) is 6.10. The molecular weight excluding hydrogens is 430 g/mol. The summed E-state index contributed by atoms with van der Waals surface area (Å²) in [6.45, 7) is 0. The highest BCUT2D eigenvalue weighted by Gasteiger charge is 2.23. The first-order valence-corrected chi connectivity index (χ1v) is 11.9. The van der Waals surface area contributed by atoms with E-state index < -0.39 is 0 Å². The molecule has 0 unspecified atom stereocenters. The number of hydrogen-bond acceptors (Lipinski definition) is 5. The number of nitrogens with one attached hydrogen (secondary N) is 1. The van der Waals surface area contributed by atoms with Crippen molar-refractivity contribution in [1.29, 1.82) is 5.26 Å². The van der Waals surface area contributed by atoms with Crippen LogP contribution in [0.15, 0.2) is 54.6 Å². The minimum Gasteiger partial charge on any atom is -0.496 e. The number of fused-ring (bicyclic) bond motifs is 2. The highest BCUT2D eigenvalue weighted by atomic mass is 32.1. The molecule has 0 fully saturated rings. The zero-order valence-corrected chi connectivity index (χ0v) is 19.2. The molecule has 33 heavy (non-hydrogen) atoms. The molecule has 1 aliphatic rings. The molecule has 5 nitrogen and oxygen atoms in total. The van der Waals surface area contributed by atoms with Gasteiger partial charge in [0.15, 0.2) is 0 Å². The Balaban J connectivity index is 1.59. The number of anilines is 1. The van der Waals surface area contributed by atoms with Gasteiger partial charge in [-0.05, 0) is 55.5 Å². The van der Waals surface area contributed by atoms with E-state index >= 15 is 0 Å². The van der Waals surface area contributed by atoms with Crippen molar-refractivity contribution in [3.63, 3.8) is 0 Å². The van der Waals surface area contributed by atoms with Crippen molar-refractivity contribution in [3.8, 4) is 23.1 Å². The van der Waals surface area contributed by atoms with Crippen LogP contribution in [0.4, 0.5) is 5.00 Å². The van der Waals surface area contributed by atoms with Crippen molar-refractivity contribution in [2.45, 2.75) is 32.1 Å². The molecule has 2 heterocycles. The number of thiophene rings is 1. The van der Waals surface area contributed by atoms with Crippen LogP contribution in [0.1, 0.15) is 45.6 Å². The van der Waals surface area contributed by atoms with Crippen LogP contribution in [0.3, 0.4) is 0 Å². The average Bonchev–Trinajstić information content (AvgIpc) is 3.01. The molecule has 0 atom stereocenters. The van der Waals surface area contributed by atoms with E-state index in [1.165, 1.54) is 11.3 Å². The summed E-state index contributed by atoms with van der Waals surface area (Å²) in [5.74, 6) is 0.457. The van der Waals surface area contributed by atoms with E-state index in [0.717, 1.165) is 47.7 Å². The van der Waals surface area contributed by atoms with E-state index in [2.05, 4.69) is 11.4 Å². The second-order valence-corrected chi connectivity index (χ2v) is 9.21. The minimum atomic E-state index is -0.238. The zero-order valence-electron chi connectivity index (χ0n) is 18.4. The topological polar surface area (TPSA) is 75.0 Å². The molecule has 6 heteroatoms. The van der Waals surface area contributed by atoms with E-state index in [0.29, 0.717) is 27.6 Å². The Bertz CT molecular complexity index is 1400. The lowest BCUT2D eigenvalue weighted by Crippen LogP contribution is -2.13. The molecule has 2 aromatic heterocycles. The predicted octanol–water partition coefficient (Wildman–Crippen LogP) is 6.36. The number of pyridine rings is 1. The molecule has 2 aromatic carbocycles. The fourth-order valence-electron chi connectivity index (χ4n) is 4.48. The number of amides is 1. The summed E-state index contributed by atoms with van der Waals surface area (Å²) in [7, 11) is 1.62. The Morgan fingerprint density at radius 3 is 2.73 bits per heavy atom. The Kier molecular flexibility index (Phi) is 5.80. The monoisotopic (exact) mass is 453 g/mol. The van der Waals surface area contributed by atoms with Gasteiger partial charge in [-0.3, -0.25) is 4.79 Å². The van der Waals surface area contributed by atoms with E-state index in [1.54, 1.807) is 24.5 Å². The molecule has 5 rings (SSSR count). The Morgan fingerprint density at radius 2 is 1.88 bits per heavy atom. The first-order chi connectivity index (χ1) is 16.2. The third-order valence-corrected chi connectivity index (χ3v) is 7.31. The minimum absolute atomic E-state index is 0.238. The first kappa shape index (κ1) is 21.2. The number of aromatic nitrogens is 1. The van der Waals surface area contributed by atoms with E-state index in [4.69, 9.17) is 9.72 Å². The molecule has 0 saturated heterocycles. The maximum atomic E-state index is 13.5. The van der Waals surface area contributed by atoms with Crippen molar-refractivity contribution in [1.82, 2.24) is 4.98 Å². The van der Waals surface area contributed by atoms with Gasteiger partial charge in [-0.25, -0.2) is 4.98 Å². The van der Waals surface area contributed by atoms with Crippen LogP contribution in [0.25, 0.3) is 22.2 Å². The lowest BCUT2D eigenvalue weighted by atomic mass is 10.0. The van der Waals surface area contributed by atoms with Gasteiger partial charge in [-0.1, -0.05) is 36.8 Å². The molecule has 0 aliphatic heterocycles. The van der Waals surface area contributed by atoms with Crippen molar-refractivity contribution >= 4 is 33.1 Å². The smallest absolute Gasteiger partial charge is 0.257 e. The van der Waals surface area contributed by atoms with Crippen molar-refractivity contribution in [2.24, 2.45) is 0 Å². The number of carbonyl (C=O) groups is 1. The quantitative estimate of drug-likeness (QED) is 0.365. The van der Waals surface area contributed by atoms with Gasteiger partial charge in [0.05, 0.1) is 29.4 Å². The fourth-order valence-corrected chi connectivity index (χ4v) is 5.71. The van der Waals surface area contributed by atoms with Crippen LogP contribution < -0.4 is 10.1 Å². The second kappa shape index (κ2) is 9.05. The molecule has 0 radical (unpaired) electrons. The average molecular weight is 454 g/mol. The number of aryl methyl sites for hydroxylation is 1. The Hall–Kier alpha value is -3.69. The maximum absolute atomic E-state index is 13.5. The van der Waals surface area contributed by atoms with Crippen LogP contribution in [0.5, 0.6) is 5.75 Å². The van der Waals surface area contributed by atoms with Gasteiger partial charge in [0.2, 0.25) is 0 Å². The van der Waals surface area contributed by atoms with Crippen molar-refractivity contribution < 1.29 is 9.53 Å². The fraction of sp³-hybridized carbons (Fsp3) is 0.222. The van der Waals surface area contributed by atoms with Gasteiger partial charge in [0.25, 0.3) is 5.91 Å². The van der Waals surface area contributed by atoms with Crippen molar-refractivity contribution in [3.05, 3.63) is 76.2 Å². The summed E-state index contributed by atoms with van der Waals surface area (Å²) in [6, 6.07) is 19.4. The lowest BCUT2D eigenvalue weighted by molar-refractivity contribution is 0.102. The number of rotatable bonds is 4. The molecule has 0 spiro atoms. The summed E-state index contributed by atoms with van der Waals surface area (Å²) in [5, 5.41) is 14.3. The molecule has 4 aromatic rings. The van der Waals surface area contributed by atoms with Crippen LogP contribution in [-0.4, -0.2) is 18.0 Å². The standard InChI is InChI=1S/C27H23N3O2S/c1-32-24-13-8-6-11-19(24)23-15-20(17-9-5-7-12-22(17)29-23)26(31)30-27-21(16-28)18-10-3-2-4-14-25(18)33-27/h5-9,11-13,15H,2-4,10,14H2,1H3,(H,30,31). The van der Waals surface area contributed by atoms with E-state index in [-0.39, 0.29) is 5.91 Å². The van der Waals surface area contributed by atoms with Gasteiger partial charge in [-0.2, -0.15) is 5.26 Å². The maximum Gasteiger partial charge on any atom is 0.257 e. The molecule has 1 aliphatic carbocycles. The molecule has 0 bridgehead atoms. The summed E-state index contributed by atoms with van der Waals surface area (Å²) in [4.78, 5) is 19.6. The number of carbonyl (C=O) groups excluding carboxylic acids is 1. The van der Waals surface area contributed by atoms with Crippen LogP contribution in [0.2, 0.25) is 0 Å². The molecular formula is C27H23N3O2S. The predicted molar refractivity (Wildman–Crippen MR) is 132 cm³/mol. The molecule has 164 valence electrons. The SMILES string of the molecule is COc1ccccc1-c1cc(C(=O)Nc2sc3c(c2C#N)CCCCC3)c2ccccc2n1.